The van der Waals surface area contributed by atoms with E-state index in [1.807, 2.05) is 51.1 Å². The van der Waals surface area contributed by atoms with Gasteiger partial charge >= 0.3 is 0 Å². The molecule has 1 aromatic carbocycles. The van der Waals surface area contributed by atoms with Gasteiger partial charge in [0.2, 0.25) is 5.91 Å². The third kappa shape index (κ3) is 7.44. The highest BCUT2D eigenvalue weighted by Gasteiger charge is 2.19. The summed E-state index contributed by atoms with van der Waals surface area (Å²) in [5.74, 6) is 0.438. The summed E-state index contributed by atoms with van der Waals surface area (Å²) in [5.41, 5.74) is 3.72. The third-order valence-electron chi connectivity index (χ3n) is 4.50. The number of hydrogen-bond acceptors (Lipinski definition) is 6. The number of benzene rings is 1. The summed E-state index contributed by atoms with van der Waals surface area (Å²) < 4.78 is 1.13. The first kappa shape index (κ1) is 26.1. The zero-order valence-electron chi connectivity index (χ0n) is 20.1. The van der Waals surface area contributed by atoms with Crippen molar-refractivity contribution in [3.63, 3.8) is 0 Å². The molecule has 0 fully saturated rings. The lowest BCUT2D eigenvalue weighted by Gasteiger charge is -2.15. The third-order valence-corrected chi connectivity index (χ3v) is 5.52. The minimum atomic E-state index is -1.06. The van der Waals surface area contributed by atoms with Crippen LogP contribution < -0.4 is 5.32 Å². The fourth-order valence-corrected chi connectivity index (χ4v) is 3.91. The highest BCUT2D eigenvalue weighted by Crippen LogP contribution is 2.34. The molecule has 1 amide bonds. The van der Waals surface area contributed by atoms with Crippen molar-refractivity contribution in [1.82, 2.24) is 20.3 Å². The largest absolute Gasteiger partial charge is 0.382 e. The molecule has 0 bridgehead atoms. The van der Waals surface area contributed by atoms with Gasteiger partial charge in [-0.3, -0.25) is 4.79 Å². The first-order chi connectivity index (χ1) is 15.6. The number of fused-ring (bicyclic) bond motifs is 1. The van der Waals surface area contributed by atoms with Gasteiger partial charge < -0.3 is 10.4 Å². The molecule has 0 unspecified atom stereocenters. The normalized spacial score (nSPS) is 11.6. The molecule has 33 heavy (non-hydrogen) atoms. The number of nitrogens with zero attached hydrogens (tertiary/aromatic N) is 3. The maximum atomic E-state index is 10.1. The Morgan fingerprint density at radius 3 is 2.39 bits per heavy atom. The predicted molar refractivity (Wildman–Crippen MR) is 138 cm³/mol. The van der Waals surface area contributed by atoms with Gasteiger partial charge in [-0.15, -0.1) is 11.3 Å². The summed E-state index contributed by atoms with van der Waals surface area (Å²) in [4.78, 5) is 23.2. The van der Waals surface area contributed by atoms with Crippen LogP contribution in [-0.2, 0) is 10.4 Å². The standard InChI is InChI=1S/C22H23N3OS.C4H9NO/c1-6-7-8-9-14(2)18-10-16(11-19-20(18)27-15(3)25-19)17-12-23-21(24-13-17)22(4,5)26;1-3-5-4(2)6/h6-13,26H,2H2,1,3-5H3;3H2,1-2H3,(H,5,6)/b7-6-,9-8-;. The second kappa shape index (κ2) is 11.6. The number of aliphatic hydroxyl groups is 1. The van der Waals surface area contributed by atoms with E-state index in [1.54, 1.807) is 37.6 Å². The highest BCUT2D eigenvalue weighted by molar-refractivity contribution is 7.18. The maximum Gasteiger partial charge on any atom is 0.216 e. The van der Waals surface area contributed by atoms with E-state index >= 15 is 0 Å². The van der Waals surface area contributed by atoms with Gasteiger partial charge in [-0.2, -0.15) is 0 Å². The molecule has 7 heteroatoms. The number of carbonyl (C=O) groups is 1. The lowest BCUT2D eigenvalue weighted by molar-refractivity contribution is -0.118. The van der Waals surface area contributed by atoms with Gasteiger partial charge in [0.15, 0.2) is 5.82 Å². The molecule has 2 N–H and O–H groups in total. The molecule has 3 aromatic rings. The van der Waals surface area contributed by atoms with Crippen LogP contribution in [0.2, 0.25) is 0 Å². The number of aryl methyl sites for hydroxylation is 1. The van der Waals surface area contributed by atoms with Gasteiger partial charge in [0.25, 0.3) is 0 Å². The van der Waals surface area contributed by atoms with E-state index < -0.39 is 5.60 Å². The number of nitrogens with one attached hydrogen (secondary N) is 1. The molecule has 6 nitrogen and oxygen atoms in total. The molecule has 0 spiro atoms. The van der Waals surface area contributed by atoms with Crippen LogP contribution in [0.25, 0.3) is 26.9 Å². The molecule has 0 saturated heterocycles. The molecule has 2 aromatic heterocycles. The van der Waals surface area contributed by atoms with E-state index in [-0.39, 0.29) is 5.91 Å². The summed E-state index contributed by atoms with van der Waals surface area (Å²) in [6.45, 7) is 15.7. The topological polar surface area (TPSA) is 88.0 Å². The molecular weight excluding hydrogens is 432 g/mol. The summed E-state index contributed by atoms with van der Waals surface area (Å²) in [6.07, 6.45) is 11.4. The Morgan fingerprint density at radius 1 is 1.21 bits per heavy atom. The minimum absolute atomic E-state index is 0.0394. The van der Waals surface area contributed by atoms with Crippen LogP contribution in [0.5, 0.6) is 0 Å². The molecule has 174 valence electrons. The van der Waals surface area contributed by atoms with Gasteiger partial charge in [0.05, 0.1) is 15.2 Å². The fraction of sp³-hybridized carbons (Fsp3) is 0.308. The molecule has 0 aliphatic heterocycles. The molecule has 3 rings (SSSR count). The number of amides is 1. The average Bonchev–Trinajstić information content (AvgIpc) is 3.13. The van der Waals surface area contributed by atoms with Crippen molar-refractivity contribution in [3.05, 3.63) is 71.8 Å². The van der Waals surface area contributed by atoms with Crippen LogP contribution in [0.3, 0.4) is 0 Å². The molecule has 0 aliphatic rings. The van der Waals surface area contributed by atoms with Crippen LogP contribution in [-0.4, -0.2) is 32.5 Å². The van der Waals surface area contributed by atoms with E-state index in [9.17, 15) is 9.90 Å². The SMILES string of the molecule is C=C(/C=C\C=C/C)c1cc(-c2cnc(C(C)(C)O)nc2)cc2nc(C)sc12.CCNC(C)=O. The van der Waals surface area contributed by atoms with Crippen LogP contribution in [0.15, 0.2) is 55.4 Å². The molecule has 0 saturated carbocycles. The van der Waals surface area contributed by atoms with Crippen molar-refractivity contribution >= 4 is 33.0 Å². The first-order valence-electron chi connectivity index (χ1n) is 10.8. The quantitative estimate of drug-likeness (QED) is 0.465. The molecule has 2 heterocycles. The van der Waals surface area contributed by atoms with Crippen molar-refractivity contribution in [2.24, 2.45) is 0 Å². The zero-order valence-corrected chi connectivity index (χ0v) is 21.0. The van der Waals surface area contributed by atoms with Crippen LogP contribution in [0.1, 0.15) is 51.0 Å². The van der Waals surface area contributed by atoms with Crippen LogP contribution >= 0.6 is 11.3 Å². The van der Waals surface area contributed by atoms with E-state index in [0.717, 1.165) is 44.0 Å². The Hall–Kier alpha value is -3.16. The Labute approximate surface area is 199 Å². The van der Waals surface area contributed by atoms with Crippen molar-refractivity contribution in [2.75, 3.05) is 6.54 Å². The number of hydrogen-bond donors (Lipinski definition) is 2. The van der Waals surface area contributed by atoms with Crippen molar-refractivity contribution in [1.29, 1.82) is 0 Å². The molecule has 0 radical (unpaired) electrons. The number of aromatic nitrogens is 3. The Bertz CT molecular complexity index is 1170. The second-order valence-electron chi connectivity index (χ2n) is 7.96. The predicted octanol–water partition coefficient (Wildman–Crippen LogP) is 5.58. The Balaban J connectivity index is 0.000000569. The van der Waals surface area contributed by atoms with E-state index in [1.165, 1.54) is 6.92 Å². The monoisotopic (exact) mass is 464 g/mol. The van der Waals surface area contributed by atoms with Crippen LogP contribution in [0.4, 0.5) is 0 Å². The van der Waals surface area contributed by atoms with E-state index in [2.05, 4.69) is 32.9 Å². The molecule has 0 aliphatic carbocycles. The lowest BCUT2D eigenvalue weighted by atomic mass is 10.00. The van der Waals surface area contributed by atoms with E-state index in [4.69, 9.17) is 0 Å². The smallest absolute Gasteiger partial charge is 0.216 e. The lowest BCUT2D eigenvalue weighted by Crippen LogP contribution is -2.19. The number of rotatable bonds is 6. The van der Waals surface area contributed by atoms with E-state index in [0.29, 0.717) is 5.82 Å². The maximum absolute atomic E-state index is 10.1. The summed E-state index contributed by atoms with van der Waals surface area (Å²) in [5, 5.41) is 13.6. The Morgan fingerprint density at radius 2 is 1.88 bits per heavy atom. The average molecular weight is 465 g/mol. The summed E-state index contributed by atoms with van der Waals surface area (Å²) in [6, 6.07) is 4.15. The fourth-order valence-electron chi connectivity index (χ4n) is 2.96. The second-order valence-corrected chi connectivity index (χ2v) is 9.16. The van der Waals surface area contributed by atoms with Gasteiger partial charge in [-0.25, -0.2) is 15.0 Å². The van der Waals surface area contributed by atoms with Crippen molar-refractivity contribution in [2.45, 2.75) is 47.1 Å². The summed E-state index contributed by atoms with van der Waals surface area (Å²) >= 11 is 1.67. The Kier molecular flexibility index (Phi) is 9.20. The first-order valence-corrected chi connectivity index (χ1v) is 11.6. The number of allylic oxidation sites excluding steroid dienone is 5. The van der Waals surface area contributed by atoms with Crippen molar-refractivity contribution in [3.8, 4) is 11.1 Å². The molecular formula is C26H32N4O2S. The van der Waals surface area contributed by atoms with Gasteiger partial charge in [0.1, 0.15) is 5.60 Å². The minimum Gasteiger partial charge on any atom is -0.382 e. The van der Waals surface area contributed by atoms with Crippen molar-refractivity contribution < 1.29 is 9.90 Å². The number of carbonyl (C=O) groups excluding carboxylic acids is 1. The molecule has 0 atom stereocenters. The van der Waals surface area contributed by atoms with Crippen LogP contribution in [0, 0.1) is 6.92 Å². The summed E-state index contributed by atoms with van der Waals surface area (Å²) in [7, 11) is 0. The zero-order chi connectivity index (χ0) is 24.6. The van der Waals surface area contributed by atoms with Gasteiger partial charge in [-0.1, -0.05) is 30.9 Å². The van der Waals surface area contributed by atoms with Gasteiger partial charge in [-0.05, 0) is 57.9 Å². The van der Waals surface area contributed by atoms with Gasteiger partial charge in [0, 0.05) is 37.0 Å². The highest BCUT2D eigenvalue weighted by atomic mass is 32.1. The number of thiazole rings is 1.